The van der Waals surface area contributed by atoms with Crippen LogP contribution in [0.25, 0.3) is 0 Å². The normalized spacial score (nSPS) is 18.4. The molecule has 1 aliphatic heterocycles. The Balaban J connectivity index is 2.00. The third-order valence-electron chi connectivity index (χ3n) is 3.64. The van der Waals surface area contributed by atoms with Crippen LogP contribution in [0, 0.1) is 13.8 Å². The average molecular weight is 281 g/mol. The summed E-state index contributed by atoms with van der Waals surface area (Å²) < 4.78 is 7.21. The van der Waals surface area contributed by atoms with Gasteiger partial charge in [0.2, 0.25) is 0 Å². The SMILES string of the molecule is Cc1nn(C)c(C)c1OCC(=O)N1CCC[C@H]1C(=O)O. The summed E-state index contributed by atoms with van der Waals surface area (Å²) in [6.45, 7) is 3.99. The fourth-order valence-corrected chi connectivity index (χ4v) is 2.50. The van der Waals surface area contributed by atoms with Crippen molar-refractivity contribution >= 4 is 11.9 Å². The highest BCUT2D eigenvalue weighted by atomic mass is 16.5. The van der Waals surface area contributed by atoms with E-state index in [1.807, 2.05) is 13.8 Å². The Bertz CT molecular complexity index is 538. The van der Waals surface area contributed by atoms with E-state index < -0.39 is 12.0 Å². The number of aryl methyl sites for hydroxylation is 2. The van der Waals surface area contributed by atoms with Gasteiger partial charge in [-0.2, -0.15) is 5.10 Å². The van der Waals surface area contributed by atoms with Crippen molar-refractivity contribution in [1.29, 1.82) is 0 Å². The van der Waals surface area contributed by atoms with E-state index in [1.165, 1.54) is 4.90 Å². The van der Waals surface area contributed by atoms with Crippen LogP contribution in [0.4, 0.5) is 0 Å². The quantitative estimate of drug-likeness (QED) is 0.868. The van der Waals surface area contributed by atoms with E-state index in [1.54, 1.807) is 11.7 Å². The monoisotopic (exact) mass is 281 g/mol. The molecule has 1 fully saturated rings. The zero-order chi connectivity index (χ0) is 14.9. The van der Waals surface area contributed by atoms with Crippen molar-refractivity contribution in [3.63, 3.8) is 0 Å². The molecule has 7 heteroatoms. The van der Waals surface area contributed by atoms with E-state index in [0.29, 0.717) is 30.8 Å². The second-order valence-corrected chi connectivity index (χ2v) is 5.00. The molecule has 7 nitrogen and oxygen atoms in total. The fourth-order valence-electron chi connectivity index (χ4n) is 2.50. The fraction of sp³-hybridized carbons (Fsp3) is 0.615. The summed E-state index contributed by atoms with van der Waals surface area (Å²) in [6.07, 6.45) is 1.22. The average Bonchev–Trinajstić information content (AvgIpc) is 2.95. The summed E-state index contributed by atoms with van der Waals surface area (Å²) in [5.41, 5.74) is 1.56. The maximum absolute atomic E-state index is 12.1. The number of carboxylic acid groups (broad SMARTS) is 1. The van der Waals surface area contributed by atoms with E-state index in [0.717, 1.165) is 5.69 Å². The van der Waals surface area contributed by atoms with E-state index in [-0.39, 0.29) is 12.5 Å². The van der Waals surface area contributed by atoms with Crippen LogP contribution in [-0.2, 0) is 16.6 Å². The number of hydrogen-bond acceptors (Lipinski definition) is 4. The summed E-state index contributed by atoms with van der Waals surface area (Å²) in [7, 11) is 1.80. The Morgan fingerprint density at radius 1 is 1.45 bits per heavy atom. The molecule has 0 radical (unpaired) electrons. The summed E-state index contributed by atoms with van der Waals surface area (Å²) >= 11 is 0. The number of hydrogen-bond donors (Lipinski definition) is 1. The van der Waals surface area contributed by atoms with Gasteiger partial charge in [0.05, 0.1) is 5.69 Å². The van der Waals surface area contributed by atoms with Gasteiger partial charge in [-0.15, -0.1) is 0 Å². The molecule has 0 spiro atoms. The highest BCUT2D eigenvalue weighted by Crippen LogP contribution is 2.22. The zero-order valence-electron chi connectivity index (χ0n) is 11.9. The molecule has 0 unspecified atom stereocenters. The van der Waals surface area contributed by atoms with E-state index in [2.05, 4.69) is 5.10 Å². The Labute approximate surface area is 117 Å². The van der Waals surface area contributed by atoms with Gasteiger partial charge < -0.3 is 14.7 Å². The molecule has 0 saturated carbocycles. The molecule has 0 aromatic carbocycles. The molecule has 1 amide bonds. The number of aromatic nitrogens is 2. The van der Waals surface area contributed by atoms with Gasteiger partial charge >= 0.3 is 5.97 Å². The number of rotatable bonds is 4. The predicted octanol–water partition coefficient (Wildman–Crippen LogP) is 0.491. The number of carbonyl (C=O) groups is 2. The molecule has 2 heterocycles. The van der Waals surface area contributed by atoms with Gasteiger partial charge in [0.1, 0.15) is 11.7 Å². The minimum absolute atomic E-state index is 0.156. The standard InChI is InChI=1S/C13H19N3O4/c1-8-12(9(2)15(3)14-8)20-7-11(17)16-6-4-5-10(16)13(18)19/h10H,4-7H2,1-3H3,(H,18,19)/t10-/m0/s1. The highest BCUT2D eigenvalue weighted by Gasteiger charge is 2.34. The van der Waals surface area contributed by atoms with Crippen molar-refractivity contribution in [2.45, 2.75) is 32.7 Å². The van der Waals surface area contributed by atoms with E-state index in [4.69, 9.17) is 9.84 Å². The number of amides is 1. The van der Waals surface area contributed by atoms with Gasteiger partial charge in [-0.3, -0.25) is 9.48 Å². The van der Waals surface area contributed by atoms with Crippen LogP contribution < -0.4 is 4.74 Å². The van der Waals surface area contributed by atoms with E-state index in [9.17, 15) is 9.59 Å². The smallest absolute Gasteiger partial charge is 0.326 e. The number of ether oxygens (including phenoxy) is 1. The third-order valence-corrected chi connectivity index (χ3v) is 3.64. The second kappa shape index (κ2) is 5.52. The maximum atomic E-state index is 12.1. The van der Waals surface area contributed by atoms with Gasteiger partial charge in [0.25, 0.3) is 5.91 Å². The molecular formula is C13H19N3O4. The lowest BCUT2D eigenvalue weighted by atomic mass is 10.2. The van der Waals surface area contributed by atoms with Gasteiger partial charge in [-0.05, 0) is 26.7 Å². The lowest BCUT2D eigenvalue weighted by Crippen LogP contribution is -2.42. The molecule has 110 valence electrons. The second-order valence-electron chi connectivity index (χ2n) is 5.00. The van der Waals surface area contributed by atoms with Crippen LogP contribution >= 0.6 is 0 Å². The van der Waals surface area contributed by atoms with Crippen molar-refractivity contribution in [1.82, 2.24) is 14.7 Å². The first-order chi connectivity index (χ1) is 9.41. The van der Waals surface area contributed by atoms with Crippen molar-refractivity contribution in [3.8, 4) is 5.75 Å². The Hall–Kier alpha value is -2.05. The first kappa shape index (κ1) is 14.4. The lowest BCUT2D eigenvalue weighted by molar-refractivity contribution is -0.149. The summed E-state index contributed by atoms with van der Waals surface area (Å²) in [5.74, 6) is -0.658. The molecule has 0 bridgehead atoms. The van der Waals surface area contributed by atoms with Crippen LogP contribution in [0.2, 0.25) is 0 Å². The lowest BCUT2D eigenvalue weighted by Gasteiger charge is -2.21. The van der Waals surface area contributed by atoms with Gasteiger partial charge in [0.15, 0.2) is 12.4 Å². The summed E-state index contributed by atoms with van der Waals surface area (Å²) in [6, 6.07) is -0.720. The third kappa shape index (κ3) is 2.61. The molecule has 1 aromatic heterocycles. The Morgan fingerprint density at radius 3 is 2.70 bits per heavy atom. The van der Waals surface area contributed by atoms with Crippen LogP contribution in [0.1, 0.15) is 24.2 Å². The Morgan fingerprint density at radius 2 is 2.15 bits per heavy atom. The minimum Gasteiger partial charge on any atom is -0.480 e. The number of carbonyl (C=O) groups excluding carboxylic acids is 1. The molecule has 1 saturated heterocycles. The molecule has 1 aromatic rings. The summed E-state index contributed by atoms with van der Waals surface area (Å²) in [5, 5.41) is 13.3. The van der Waals surface area contributed by atoms with E-state index >= 15 is 0 Å². The van der Waals surface area contributed by atoms with Gasteiger partial charge in [-0.25, -0.2) is 4.79 Å². The highest BCUT2D eigenvalue weighted by molar-refractivity contribution is 5.85. The van der Waals surface area contributed by atoms with Crippen molar-refractivity contribution < 1.29 is 19.4 Å². The van der Waals surface area contributed by atoms with Crippen molar-refractivity contribution in [3.05, 3.63) is 11.4 Å². The summed E-state index contributed by atoms with van der Waals surface area (Å²) in [4.78, 5) is 24.5. The van der Waals surface area contributed by atoms with Crippen LogP contribution in [0.15, 0.2) is 0 Å². The largest absolute Gasteiger partial charge is 0.480 e. The van der Waals surface area contributed by atoms with Crippen LogP contribution in [0.5, 0.6) is 5.75 Å². The van der Waals surface area contributed by atoms with Crippen molar-refractivity contribution in [2.75, 3.05) is 13.2 Å². The topological polar surface area (TPSA) is 84.7 Å². The molecular weight excluding hydrogens is 262 g/mol. The van der Waals surface area contributed by atoms with Gasteiger partial charge in [0, 0.05) is 13.6 Å². The number of nitrogens with zero attached hydrogens (tertiary/aromatic N) is 3. The number of aliphatic carboxylic acids is 1. The van der Waals surface area contributed by atoms with Crippen LogP contribution in [-0.4, -0.2) is 50.9 Å². The maximum Gasteiger partial charge on any atom is 0.326 e. The Kier molecular flexibility index (Phi) is 3.96. The zero-order valence-corrected chi connectivity index (χ0v) is 11.9. The molecule has 1 aliphatic rings. The molecule has 1 N–H and O–H groups in total. The molecule has 0 aliphatic carbocycles. The van der Waals surface area contributed by atoms with Crippen molar-refractivity contribution in [2.24, 2.45) is 7.05 Å². The molecule has 2 rings (SSSR count). The number of carboxylic acids is 1. The first-order valence-corrected chi connectivity index (χ1v) is 6.57. The molecule has 20 heavy (non-hydrogen) atoms. The minimum atomic E-state index is -0.954. The van der Waals surface area contributed by atoms with Gasteiger partial charge in [-0.1, -0.05) is 0 Å². The number of likely N-dealkylation sites (tertiary alicyclic amines) is 1. The van der Waals surface area contributed by atoms with Crippen LogP contribution in [0.3, 0.4) is 0 Å². The predicted molar refractivity (Wildman–Crippen MR) is 70.5 cm³/mol. The molecule has 1 atom stereocenters. The first-order valence-electron chi connectivity index (χ1n) is 6.57.